The average molecular weight is 244 g/mol. The molecule has 3 nitrogen and oxygen atoms in total. The van der Waals surface area contributed by atoms with Gasteiger partial charge in [-0.1, -0.05) is 6.07 Å². The zero-order valence-electron chi connectivity index (χ0n) is 9.14. The fourth-order valence-electron chi connectivity index (χ4n) is 1.84. The van der Waals surface area contributed by atoms with E-state index in [1.54, 1.807) is 12.1 Å². The van der Waals surface area contributed by atoms with Crippen molar-refractivity contribution < 1.29 is 18.0 Å². The van der Waals surface area contributed by atoms with Gasteiger partial charge in [0, 0.05) is 18.8 Å². The lowest BCUT2D eigenvalue weighted by Gasteiger charge is -2.08. The molecule has 1 aliphatic rings. The molecule has 0 bridgehead atoms. The number of benzene rings is 1. The number of fused-ring (bicyclic) bond motifs is 1. The second kappa shape index (κ2) is 4.03. The number of carbonyl (C=O) groups is 1. The molecule has 1 aromatic rings. The van der Waals surface area contributed by atoms with Crippen LogP contribution < -0.4 is 5.32 Å². The van der Waals surface area contributed by atoms with Crippen LogP contribution in [0.15, 0.2) is 18.2 Å². The highest BCUT2D eigenvalue weighted by Gasteiger charge is 2.38. The Hall–Kier alpha value is -1.56. The van der Waals surface area contributed by atoms with Gasteiger partial charge < -0.3 is 5.32 Å². The van der Waals surface area contributed by atoms with Crippen molar-refractivity contribution in [3.63, 3.8) is 0 Å². The highest BCUT2D eigenvalue weighted by Crippen LogP contribution is 2.25. The van der Waals surface area contributed by atoms with Crippen molar-refractivity contribution in [1.82, 2.24) is 4.90 Å². The molecule has 0 spiro atoms. The smallest absolute Gasteiger partial charge is 0.318 e. The summed E-state index contributed by atoms with van der Waals surface area (Å²) in [5, 5.41) is 1.84. The number of halogens is 3. The number of nitrogens with zero attached hydrogens (tertiary/aromatic N) is 1. The summed E-state index contributed by atoms with van der Waals surface area (Å²) in [7, 11) is 1.92. The Morgan fingerprint density at radius 2 is 1.94 bits per heavy atom. The van der Waals surface area contributed by atoms with Crippen LogP contribution >= 0.6 is 0 Å². The molecule has 2 rings (SSSR count). The topological polar surface area (TPSA) is 32.3 Å². The van der Waals surface area contributed by atoms with Gasteiger partial charge in [0.2, 0.25) is 0 Å². The summed E-state index contributed by atoms with van der Waals surface area (Å²) in [6.45, 7) is 1.47. The molecule has 1 N–H and O–H groups in total. The number of hydrogen-bond donors (Lipinski definition) is 1. The largest absolute Gasteiger partial charge is 0.471 e. The standard InChI is InChI=1S/C11H11F3N2O/c1-16-5-7-2-3-9(4-8(7)6-16)15-10(17)11(12,13)14/h2-4H,5-6H2,1H3,(H,15,17). The second-order valence-electron chi connectivity index (χ2n) is 4.11. The lowest BCUT2D eigenvalue weighted by molar-refractivity contribution is -0.167. The Labute approximate surface area is 96.2 Å². The second-order valence-corrected chi connectivity index (χ2v) is 4.11. The summed E-state index contributed by atoms with van der Waals surface area (Å²) >= 11 is 0. The van der Waals surface area contributed by atoms with E-state index >= 15 is 0 Å². The van der Waals surface area contributed by atoms with Crippen molar-refractivity contribution in [3.05, 3.63) is 29.3 Å². The molecule has 0 fully saturated rings. The maximum Gasteiger partial charge on any atom is 0.471 e. The van der Waals surface area contributed by atoms with Gasteiger partial charge in [-0.05, 0) is 30.3 Å². The van der Waals surface area contributed by atoms with Gasteiger partial charge in [0.05, 0.1) is 0 Å². The Morgan fingerprint density at radius 3 is 2.59 bits per heavy atom. The molecular weight excluding hydrogens is 233 g/mol. The van der Waals surface area contributed by atoms with E-state index in [9.17, 15) is 18.0 Å². The van der Waals surface area contributed by atoms with Crippen molar-refractivity contribution in [2.24, 2.45) is 0 Å². The Kier molecular flexibility index (Phi) is 2.82. The van der Waals surface area contributed by atoms with Crippen molar-refractivity contribution in [2.45, 2.75) is 19.3 Å². The van der Waals surface area contributed by atoms with E-state index in [0.29, 0.717) is 6.54 Å². The quantitative estimate of drug-likeness (QED) is 0.820. The maximum absolute atomic E-state index is 12.1. The van der Waals surface area contributed by atoms with Gasteiger partial charge in [0.1, 0.15) is 0 Å². The van der Waals surface area contributed by atoms with E-state index in [2.05, 4.69) is 0 Å². The van der Waals surface area contributed by atoms with Gasteiger partial charge in [-0.3, -0.25) is 9.69 Å². The normalized spacial score (nSPS) is 15.8. The maximum atomic E-state index is 12.1. The van der Waals surface area contributed by atoms with Crippen molar-refractivity contribution >= 4 is 11.6 Å². The zero-order chi connectivity index (χ0) is 12.6. The monoisotopic (exact) mass is 244 g/mol. The molecule has 17 heavy (non-hydrogen) atoms. The minimum absolute atomic E-state index is 0.182. The molecule has 0 radical (unpaired) electrons. The number of anilines is 1. The molecule has 0 saturated carbocycles. The molecule has 0 aliphatic carbocycles. The lowest BCUT2D eigenvalue weighted by Crippen LogP contribution is -2.29. The molecule has 1 amide bonds. The first-order valence-electron chi connectivity index (χ1n) is 5.05. The summed E-state index contributed by atoms with van der Waals surface area (Å²) in [6, 6.07) is 4.81. The number of nitrogens with one attached hydrogen (secondary N) is 1. The molecule has 1 aliphatic heterocycles. The summed E-state index contributed by atoms with van der Waals surface area (Å²) in [4.78, 5) is 12.8. The first-order chi connectivity index (χ1) is 7.86. The van der Waals surface area contributed by atoms with Crippen molar-refractivity contribution in [2.75, 3.05) is 12.4 Å². The van der Waals surface area contributed by atoms with E-state index in [4.69, 9.17) is 0 Å². The van der Waals surface area contributed by atoms with Crippen LogP contribution in [0.3, 0.4) is 0 Å². The number of carbonyl (C=O) groups excluding carboxylic acids is 1. The van der Waals surface area contributed by atoms with Crippen LogP contribution in [0.2, 0.25) is 0 Å². The fraction of sp³-hybridized carbons (Fsp3) is 0.364. The predicted molar refractivity (Wildman–Crippen MR) is 56.3 cm³/mol. The Balaban J connectivity index is 2.15. The average Bonchev–Trinajstić information content (AvgIpc) is 2.55. The molecule has 6 heteroatoms. The van der Waals surface area contributed by atoms with Crippen LogP contribution in [-0.2, 0) is 17.9 Å². The highest BCUT2D eigenvalue weighted by atomic mass is 19.4. The summed E-state index contributed by atoms with van der Waals surface area (Å²) < 4.78 is 36.2. The van der Waals surface area contributed by atoms with Crippen LogP contribution in [0, 0.1) is 0 Å². The van der Waals surface area contributed by atoms with E-state index in [1.165, 1.54) is 6.07 Å². The minimum Gasteiger partial charge on any atom is -0.318 e. The highest BCUT2D eigenvalue weighted by molar-refractivity contribution is 5.95. The number of hydrogen-bond acceptors (Lipinski definition) is 2. The number of rotatable bonds is 1. The fourth-order valence-corrected chi connectivity index (χ4v) is 1.84. The molecule has 0 atom stereocenters. The number of amides is 1. The molecule has 1 aromatic carbocycles. The molecule has 92 valence electrons. The van der Waals surface area contributed by atoms with E-state index in [0.717, 1.165) is 17.7 Å². The van der Waals surface area contributed by atoms with Gasteiger partial charge in [-0.2, -0.15) is 13.2 Å². The summed E-state index contributed by atoms with van der Waals surface area (Å²) in [5.41, 5.74) is 2.21. The van der Waals surface area contributed by atoms with Crippen LogP contribution in [-0.4, -0.2) is 24.0 Å². The van der Waals surface area contributed by atoms with Gasteiger partial charge >= 0.3 is 12.1 Å². The zero-order valence-corrected chi connectivity index (χ0v) is 9.14. The summed E-state index contributed by atoms with van der Waals surface area (Å²) in [5.74, 6) is -1.94. The van der Waals surface area contributed by atoms with Crippen LogP contribution in [0.1, 0.15) is 11.1 Å². The predicted octanol–water partition coefficient (Wildman–Crippen LogP) is 2.13. The van der Waals surface area contributed by atoms with Gasteiger partial charge in [0.15, 0.2) is 0 Å². The molecule has 0 unspecified atom stereocenters. The SMILES string of the molecule is CN1Cc2ccc(NC(=O)C(F)(F)F)cc2C1. The molecule has 0 saturated heterocycles. The van der Waals surface area contributed by atoms with Crippen molar-refractivity contribution in [3.8, 4) is 0 Å². The van der Waals surface area contributed by atoms with Crippen molar-refractivity contribution in [1.29, 1.82) is 0 Å². The third-order valence-electron chi connectivity index (χ3n) is 2.60. The first kappa shape index (κ1) is 11.9. The van der Waals surface area contributed by atoms with E-state index < -0.39 is 12.1 Å². The first-order valence-corrected chi connectivity index (χ1v) is 5.05. The van der Waals surface area contributed by atoms with E-state index in [1.807, 2.05) is 17.3 Å². The lowest BCUT2D eigenvalue weighted by atomic mass is 10.1. The summed E-state index contributed by atoms with van der Waals surface area (Å²) in [6.07, 6.45) is -4.85. The van der Waals surface area contributed by atoms with Crippen LogP contribution in [0.4, 0.5) is 18.9 Å². The molecule has 0 aromatic heterocycles. The minimum atomic E-state index is -4.85. The van der Waals surface area contributed by atoms with Crippen LogP contribution in [0.5, 0.6) is 0 Å². The van der Waals surface area contributed by atoms with Gasteiger partial charge in [-0.15, -0.1) is 0 Å². The third-order valence-corrected chi connectivity index (χ3v) is 2.60. The molecule has 1 heterocycles. The van der Waals surface area contributed by atoms with E-state index in [-0.39, 0.29) is 5.69 Å². The van der Waals surface area contributed by atoms with Gasteiger partial charge in [0.25, 0.3) is 0 Å². The van der Waals surface area contributed by atoms with Crippen LogP contribution in [0.25, 0.3) is 0 Å². The third kappa shape index (κ3) is 2.58. The number of alkyl halides is 3. The molecular formula is C11H11F3N2O. The van der Waals surface area contributed by atoms with Gasteiger partial charge in [-0.25, -0.2) is 0 Å². The Morgan fingerprint density at radius 1 is 1.29 bits per heavy atom. The Bertz CT molecular complexity index is 457.